The fraction of sp³-hybridized carbons (Fsp3) is 0.571. The molecule has 96 valence electrons. The molecule has 0 saturated heterocycles. The van der Waals surface area contributed by atoms with Crippen LogP contribution >= 0.6 is 11.8 Å². The van der Waals surface area contributed by atoms with E-state index in [4.69, 9.17) is 5.11 Å². The van der Waals surface area contributed by atoms with Crippen molar-refractivity contribution < 1.29 is 29.4 Å². The minimum Gasteiger partial charge on any atom is -0.480 e. The van der Waals surface area contributed by atoms with Crippen LogP contribution in [-0.4, -0.2) is 45.6 Å². The first kappa shape index (κ1) is 15.2. The van der Waals surface area contributed by atoms with Crippen LogP contribution in [0.2, 0.25) is 0 Å². The smallest absolute Gasteiger partial charge is 0.327 e. The van der Waals surface area contributed by atoms with Crippen molar-refractivity contribution in [3.8, 4) is 0 Å². The minimum absolute atomic E-state index is 0.158. The van der Waals surface area contributed by atoms with Gasteiger partial charge in [0.2, 0.25) is 5.91 Å². The van der Waals surface area contributed by atoms with E-state index in [0.717, 1.165) is 11.8 Å². The van der Waals surface area contributed by atoms with Crippen LogP contribution in [0.25, 0.3) is 0 Å². The van der Waals surface area contributed by atoms with Gasteiger partial charge in [-0.3, -0.25) is 9.59 Å². The number of amides is 1. The molecule has 1 amide bonds. The molecule has 1 atom stereocenters. The van der Waals surface area contributed by atoms with Gasteiger partial charge in [-0.25, -0.2) is 4.79 Å². The number of thioether (sulfide) groups is 1. The highest BCUT2D eigenvalue weighted by Gasteiger charge is 2.21. The molecule has 0 rings (SSSR count). The van der Waals surface area contributed by atoms with Gasteiger partial charge in [0.15, 0.2) is 11.7 Å². The van der Waals surface area contributed by atoms with E-state index in [-0.39, 0.29) is 10.9 Å². The van der Waals surface area contributed by atoms with Crippen LogP contribution in [0, 0.1) is 10.1 Å². The first-order chi connectivity index (χ1) is 7.82. The molecule has 0 aromatic carbocycles. The molecule has 0 aliphatic rings. The molecule has 0 fully saturated rings. The Morgan fingerprint density at radius 3 is 2.53 bits per heavy atom. The Bertz CT molecular complexity index is 332. The fourth-order valence-electron chi connectivity index (χ4n) is 0.723. The predicted octanol–water partition coefficient (Wildman–Crippen LogP) is -0.956. The molecule has 0 aliphatic carbocycles. The van der Waals surface area contributed by atoms with Crippen LogP contribution in [0.5, 0.6) is 0 Å². The number of hydrogen-bond acceptors (Lipinski definition) is 7. The number of hydrogen-bond donors (Lipinski definition) is 2. The van der Waals surface area contributed by atoms with Crippen molar-refractivity contribution in [2.24, 2.45) is 0 Å². The zero-order valence-corrected chi connectivity index (χ0v) is 9.56. The summed E-state index contributed by atoms with van der Waals surface area (Å²) in [5, 5.41) is 19.0. The Labute approximate surface area is 99.6 Å². The number of carboxylic acid groups (broad SMARTS) is 1. The number of carbonyl (C=O) groups is 3. The zero-order chi connectivity index (χ0) is 13.4. The van der Waals surface area contributed by atoms with Crippen molar-refractivity contribution in [1.29, 1.82) is 0 Å². The van der Waals surface area contributed by atoms with E-state index in [1.165, 1.54) is 6.92 Å². The average molecular weight is 266 g/mol. The largest absolute Gasteiger partial charge is 0.480 e. The maximum Gasteiger partial charge on any atom is 0.327 e. The van der Waals surface area contributed by atoms with Gasteiger partial charge in [-0.05, 0) is 0 Å². The van der Waals surface area contributed by atoms with E-state index in [1.54, 1.807) is 0 Å². The van der Waals surface area contributed by atoms with Crippen LogP contribution in [0.3, 0.4) is 0 Å². The van der Waals surface area contributed by atoms with Crippen LogP contribution < -0.4 is 5.32 Å². The van der Waals surface area contributed by atoms with Gasteiger partial charge in [0.1, 0.15) is 6.04 Å². The van der Waals surface area contributed by atoms with Crippen molar-refractivity contribution in [3.63, 3.8) is 0 Å². The second kappa shape index (κ2) is 7.44. The van der Waals surface area contributed by atoms with Gasteiger partial charge in [0.05, 0.1) is 0 Å². The standard InChI is InChI=1S/C7H10N2O7S/c1-4(10)17-3-5(7(12)13)8-6(11)2-16-9(14)15/h5H,2-3H2,1H3,(H,8,11)(H,12,13). The van der Waals surface area contributed by atoms with E-state index in [9.17, 15) is 24.5 Å². The second-order valence-corrected chi connectivity index (χ2v) is 3.95. The third-order valence-corrected chi connectivity index (χ3v) is 2.29. The summed E-state index contributed by atoms with van der Waals surface area (Å²) in [6, 6.07) is -1.30. The molecule has 0 aromatic heterocycles. The number of rotatable bonds is 7. The van der Waals surface area contributed by atoms with E-state index in [0.29, 0.717) is 0 Å². The molecule has 0 aliphatic heterocycles. The molecular weight excluding hydrogens is 256 g/mol. The van der Waals surface area contributed by atoms with E-state index < -0.39 is 29.6 Å². The summed E-state index contributed by atoms with van der Waals surface area (Å²) in [5.41, 5.74) is 0. The molecular formula is C7H10N2O7S. The van der Waals surface area contributed by atoms with Crippen molar-refractivity contribution in [3.05, 3.63) is 10.1 Å². The molecule has 0 radical (unpaired) electrons. The number of nitrogens with zero attached hydrogens (tertiary/aromatic N) is 1. The zero-order valence-electron chi connectivity index (χ0n) is 8.74. The quantitative estimate of drug-likeness (QED) is 0.444. The third-order valence-electron chi connectivity index (χ3n) is 1.39. The highest BCUT2D eigenvalue weighted by molar-refractivity contribution is 8.13. The first-order valence-electron chi connectivity index (χ1n) is 4.25. The van der Waals surface area contributed by atoms with Crippen molar-refractivity contribution >= 4 is 28.8 Å². The molecule has 0 heterocycles. The molecule has 0 saturated carbocycles. The maximum absolute atomic E-state index is 11.0. The summed E-state index contributed by atoms with van der Waals surface area (Å²) in [5.74, 6) is -2.44. The predicted molar refractivity (Wildman–Crippen MR) is 55.7 cm³/mol. The SMILES string of the molecule is CC(=O)SCC(NC(=O)CO[N+](=O)[O-])C(=O)O. The first-order valence-corrected chi connectivity index (χ1v) is 5.24. The Morgan fingerprint density at radius 2 is 2.12 bits per heavy atom. The lowest BCUT2D eigenvalue weighted by Crippen LogP contribution is -2.44. The highest BCUT2D eigenvalue weighted by Crippen LogP contribution is 2.04. The summed E-state index contributed by atoms with van der Waals surface area (Å²) in [4.78, 5) is 45.8. The van der Waals surface area contributed by atoms with E-state index >= 15 is 0 Å². The molecule has 9 nitrogen and oxygen atoms in total. The van der Waals surface area contributed by atoms with Gasteiger partial charge in [-0.1, -0.05) is 11.8 Å². The average Bonchev–Trinajstić information content (AvgIpc) is 2.20. The fourth-order valence-corrected chi connectivity index (χ4v) is 1.35. The van der Waals surface area contributed by atoms with Gasteiger partial charge in [-0.15, -0.1) is 10.1 Å². The molecule has 0 bridgehead atoms. The molecule has 0 aromatic rings. The number of carboxylic acids is 1. The Morgan fingerprint density at radius 1 is 1.53 bits per heavy atom. The Hall–Kier alpha value is -1.84. The van der Waals surface area contributed by atoms with Gasteiger partial charge in [0, 0.05) is 12.7 Å². The molecule has 2 N–H and O–H groups in total. The number of nitrogens with one attached hydrogen (secondary N) is 1. The number of carbonyl (C=O) groups excluding carboxylic acids is 2. The van der Waals surface area contributed by atoms with Gasteiger partial charge in [-0.2, -0.15) is 0 Å². The maximum atomic E-state index is 11.0. The molecule has 0 spiro atoms. The van der Waals surface area contributed by atoms with Crippen LogP contribution in [0.4, 0.5) is 0 Å². The monoisotopic (exact) mass is 266 g/mol. The summed E-state index contributed by atoms with van der Waals surface area (Å²) in [6.45, 7) is 0.364. The molecule has 10 heteroatoms. The van der Waals surface area contributed by atoms with Crippen molar-refractivity contribution in [2.45, 2.75) is 13.0 Å². The van der Waals surface area contributed by atoms with Crippen molar-refractivity contribution in [2.75, 3.05) is 12.4 Å². The van der Waals surface area contributed by atoms with Crippen molar-refractivity contribution in [1.82, 2.24) is 5.32 Å². The lowest BCUT2D eigenvalue weighted by Gasteiger charge is -2.12. The lowest BCUT2D eigenvalue weighted by atomic mass is 10.3. The summed E-state index contributed by atoms with van der Waals surface area (Å²) < 4.78 is 0. The Kier molecular flexibility index (Phi) is 6.63. The van der Waals surface area contributed by atoms with Gasteiger partial charge < -0.3 is 15.3 Å². The minimum atomic E-state index is -1.34. The van der Waals surface area contributed by atoms with Gasteiger partial charge in [0.25, 0.3) is 5.09 Å². The van der Waals surface area contributed by atoms with Crippen LogP contribution in [-0.2, 0) is 19.2 Å². The molecule has 17 heavy (non-hydrogen) atoms. The van der Waals surface area contributed by atoms with Crippen LogP contribution in [0.1, 0.15) is 6.92 Å². The van der Waals surface area contributed by atoms with Gasteiger partial charge >= 0.3 is 5.97 Å². The summed E-state index contributed by atoms with van der Waals surface area (Å²) in [7, 11) is 0. The second-order valence-electron chi connectivity index (χ2n) is 2.76. The lowest BCUT2D eigenvalue weighted by molar-refractivity contribution is -0.754. The normalized spacial score (nSPS) is 11.4. The van der Waals surface area contributed by atoms with E-state index in [2.05, 4.69) is 4.84 Å². The summed E-state index contributed by atoms with van der Waals surface area (Å²) in [6.07, 6.45) is 0. The Balaban J connectivity index is 4.15. The topological polar surface area (TPSA) is 136 Å². The summed E-state index contributed by atoms with van der Waals surface area (Å²) >= 11 is 0.725. The number of aliphatic carboxylic acids is 1. The molecule has 1 unspecified atom stereocenters. The van der Waals surface area contributed by atoms with E-state index in [1.807, 2.05) is 5.32 Å². The van der Waals surface area contributed by atoms with Crippen LogP contribution in [0.15, 0.2) is 0 Å². The highest BCUT2D eigenvalue weighted by atomic mass is 32.2. The third kappa shape index (κ3) is 8.02.